The number of rotatable bonds is 3. The van der Waals surface area contributed by atoms with Crippen molar-refractivity contribution < 1.29 is 4.79 Å². The number of carbonyl (C=O) groups excluding carboxylic acids is 1. The topological polar surface area (TPSA) is 64.9 Å². The Labute approximate surface area is 91.0 Å². The lowest BCUT2D eigenvalue weighted by molar-refractivity contribution is -0.125. The molecule has 0 aromatic carbocycles. The summed E-state index contributed by atoms with van der Waals surface area (Å²) >= 11 is 0. The molecular formula is C11H19N3O. The maximum Gasteiger partial charge on any atom is 0.224 e. The SMILES string of the molecule is CC1CNCC1C(=O)NCC(C)(C)C#N. The van der Waals surface area contributed by atoms with Crippen molar-refractivity contribution in [3.05, 3.63) is 0 Å². The molecule has 0 aromatic rings. The molecule has 1 rings (SSSR count). The zero-order chi connectivity index (χ0) is 11.5. The molecule has 1 amide bonds. The second-order valence-electron chi connectivity index (χ2n) is 4.96. The summed E-state index contributed by atoms with van der Waals surface area (Å²) < 4.78 is 0. The van der Waals surface area contributed by atoms with E-state index >= 15 is 0 Å². The molecule has 1 aliphatic heterocycles. The molecule has 84 valence electrons. The molecule has 0 radical (unpaired) electrons. The second kappa shape index (κ2) is 4.63. The van der Waals surface area contributed by atoms with Crippen molar-refractivity contribution in [3.63, 3.8) is 0 Å². The summed E-state index contributed by atoms with van der Waals surface area (Å²) in [7, 11) is 0. The smallest absolute Gasteiger partial charge is 0.224 e. The van der Waals surface area contributed by atoms with Crippen LogP contribution in [0.2, 0.25) is 0 Å². The lowest BCUT2D eigenvalue weighted by atomic mass is 9.94. The van der Waals surface area contributed by atoms with E-state index in [9.17, 15) is 4.79 Å². The third-order valence-corrected chi connectivity index (χ3v) is 2.86. The third kappa shape index (κ3) is 3.21. The van der Waals surface area contributed by atoms with Gasteiger partial charge in [0.05, 0.1) is 17.4 Å². The normalized spacial score (nSPS) is 26.0. The van der Waals surface area contributed by atoms with E-state index < -0.39 is 5.41 Å². The molecule has 0 spiro atoms. The molecule has 0 saturated carbocycles. The van der Waals surface area contributed by atoms with Gasteiger partial charge in [-0.2, -0.15) is 5.26 Å². The maximum absolute atomic E-state index is 11.8. The molecule has 2 unspecified atom stereocenters. The standard InChI is InChI=1S/C11H19N3O/c1-8-4-13-5-9(8)10(15)14-7-11(2,3)6-12/h8-9,13H,4-5,7H2,1-3H3,(H,14,15). The van der Waals surface area contributed by atoms with Crippen LogP contribution in [0.1, 0.15) is 20.8 Å². The molecule has 1 aliphatic rings. The van der Waals surface area contributed by atoms with Gasteiger partial charge in [-0.05, 0) is 26.3 Å². The molecule has 0 aliphatic carbocycles. The molecule has 4 heteroatoms. The zero-order valence-corrected chi connectivity index (χ0v) is 9.63. The molecule has 15 heavy (non-hydrogen) atoms. The van der Waals surface area contributed by atoms with Crippen molar-refractivity contribution in [3.8, 4) is 6.07 Å². The van der Waals surface area contributed by atoms with Crippen LogP contribution < -0.4 is 10.6 Å². The van der Waals surface area contributed by atoms with Gasteiger partial charge in [0.25, 0.3) is 0 Å². The summed E-state index contributed by atoms with van der Waals surface area (Å²) in [6.07, 6.45) is 0. The van der Waals surface area contributed by atoms with Crippen molar-refractivity contribution in [1.82, 2.24) is 10.6 Å². The maximum atomic E-state index is 11.8. The Bertz CT molecular complexity index is 280. The van der Waals surface area contributed by atoms with E-state index in [-0.39, 0.29) is 11.8 Å². The van der Waals surface area contributed by atoms with E-state index in [1.807, 2.05) is 13.8 Å². The van der Waals surface area contributed by atoms with Gasteiger partial charge in [0.2, 0.25) is 5.91 Å². The summed E-state index contributed by atoms with van der Waals surface area (Å²) in [6.45, 7) is 7.79. The van der Waals surface area contributed by atoms with E-state index in [0.29, 0.717) is 12.5 Å². The minimum Gasteiger partial charge on any atom is -0.354 e. The number of carbonyl (C=O) groups is 1. The summed E-state index contributed by atoms with van der Waals surface area (Å²) in [5.74, 6) is 0.505. The van der Waals surface area contributed by atoms with Crippen LogP contribution in [0, 0.1) is 28.6 Å². The van der Waals surface area contributed by atoms with Crippen LogP contribution in [-0.4, -0.2) is 25.5 Å². The predicted octanol–water partition coefficient (Wildman–Crippen LogP) is 0.508. The first-order valence-corrected chi connectivity index (χ1v) is 5.36. The Morgan fingerprint density at radius 1 is 1.60 bits per heavy atom. The summed E-state index contributed by atoms with van der Waals surface area (Å²) in [5, 5.41) is 14.8. The lowest BCUT2D eigenvalue weighted by Gasteiger charge is -2.19. The largest absolute Gasteiger partial charge is 0.354 e. The molecular weight excluding hydrogens is 190 g/mol. The van der Waals surface area contributed by atoms with Gasteiger partial charge in [-0.15, -0.1) is 0 Å². The van der Waals surface area contributed by atoms with Gasteiger partial charge in [0.1, 0.15) is 0 Å². The quantitative estimate of drug-likeness (QED) is 0.711. The lowest BCUT2D eigenvalue weighted by Crippen LogP contribution is -2.39. The number of hydrogen-bond donors (Lipinski definition) is 2. The highest BCUT2D eigenvalue weighted by Gasteiger charge is 2.30. The number of amides is 1. The molecule has 2 atom stereocenters. The van der Waals surface area contributed by atoms with E-state index in [1.54, 1.807) is 0 Å². The highest BCUT2D eigenvalue weighted by Crippen LogP contribution is 2.17. The molecule has 0 bridgehead atoms. The minimum atomic E-state index is -0.481. The Morgan fingerprint density at radius 2 is 2.27 bits per heavy atom. The van der Waals surface area contributed by atoms with E-state index in [0.717, 1.165) is 13.1 Å². The fourth-order valence-corrected chi connectivity index (χ4v) is 1.64. The fraction of sp³-hybridized carbons (Fsp3) is 0.818. The average Bonchev–Trinajstić information content (AvgIpc) is 2.61. The first-order chi connectivity index (χ1) is 6.96. The molecule has 2 N–H and O–H groups in total. The van der Waals surface area contributed by atoms with Gasteiger partial charge < -0.3 is 10.6 Å². The predicted molar refractivity (Wildman–Crippen MR) is 57.9 cm³/mol. The van der Waals surface area contributed by atoms with Crippen LogP contribution in [0.4, 0.5) is 0 Å². The molecule has 1 saturated heterocycles. The van der Waals surface area contributed by atoms with Gasteiger partial charge >= 0.3 is 0 Å². The van der Waals surface area contributed by atoms with Crippen molar-refractivity contribution in [2.45, 2.75) is 20.8 Å². The summed E-state index contributed by atoms with van der Waals surface area (Å²) in [5.41, 5.74) is -0.481. The van der Waals surface area contributed by atoms with Gasteiger partial charge in [-0.1, -0.05) is 6.92 Å². The number of hydrogen-bond acceptors (Lipinski definition) is 3. The molecule has 4 nitrogen and oxygen atoms in total. The van der Waals surface area contributed by atoms with Crippen molar-refractivity contribution in [2.24, 2.45) is 17.3 Å². The van der Waals surface area contributed by atoms with Crippen LogP contribution in [0.3, 0.4) is 0 Å². The van der Waals surface area contributed by atoms with Gasteiger partial charge in [0, 0.05) is 13.1 Å². The number of nitrogens with one attached hydrogen (secondary N) is 2. The third-order valence-electron chi connectivity index (χ3n) is 2.86. The average molecular weight is 209 g/mol. The number of nitriles is 1. The highest BCUT2D eigenvalue weighted by molar-refractivity contribution is 5.79. The van der Waals surface area contributed by atoms with Gasteiger partial charge in [-0.3, -0.25) is 4.79 Å². The van der Waals surface area contributed by atoms with Gasteiger partial charge in [0.15, 0.2) is 0 Å². The fourth-order valence-electron chi connectivity index (χ4n) is 1.64. The van der Waals surface area contributed by atoms with Crippen molar-refractivity contribution in [1.29, 1.82) is 5.26 Å². The molecule has 0 aromatic heterocycles. The van der Waals surface area contributed by atoms with Crippen LogP contribution in [-0.2, 0) is 4.79 Å². The monoisotopic (exact) mass is 209 g/mol. The van der Waals surface area contributed by atoms with Crippen LogP contribution in [0.25, 0.3) is 0 Å². The van der Waals surface area contributed by atoms with E-state index in [2.05, 4.69) is 23.6 Å². The van der Waals surface area contributed by atoms with Gasteiger partial charge in [-0.25, -0.2) is 0 Å². The minimum absolute atomic E-state index is 0.0551. The zero-order valence-electron chi connectivity index (χ0n) is 9.63. The molecule has 1 fully saturated rings. The Morgan fingerprint density at radius 3 is 2.73 bits per heavy atom. The second-order valence-corrected chi connectivity index (χ2v) is 4.96. The van der Waals surface area contributed by atoms with E-state index in [4.69, 9.17) is 5.26 Å². The van der Waals surface area contributed by atoms with Crippen molar-refractivity contribution >= 4 is 5.91 Å². The van der Waals surface area contributed by atoms with Crippen LogP contribution >= 0.6 is 0 Å². The first-order valence-electron chi connectivity index (χ1n) is 5.36. The highest BCUT2D eigenvalue weighted by atomic mass is 16.1. The number of nitrogens with zero attached hydrogens (tertiary/aromatic N) is 1. The van der Waals surface area contributed by atoms with Crippen LogP contribution in [0.5, 0.6) is 0 Å². The van der Waals surface area contributed by atoms with E-state index in [1.165, 1.54) is 0 Å². The first kappa shape index (κ1) is 12.0. The summed E-state index contributed by atoms with van der Waals surface area (Å²) in [6, 6.07) is 2.17. The molecule has 1 heterocycles. The Hall–Kier alpha value is -1.08. The summed E-state index contributed by atoms with van der Waals surface area (Å²) in [4.78, 5) is 11.8. The Kier molecular flexibility index (Phi) is 3.70. The van der Waals surface area contributed by atoms with Crippen molar-refractivity contribution in [2.75, 3.05) is 19.6 Å². The van der Waals surface area contributed by atoms with Crippen LogP contribution in [0.15, 0.2) is 0 Å². The Balaban J connectivity index is 2.40.